The molecular formula is C57H37N3O2. The summed E-state index contributed by atoms with van der Waals surface area (Å²) in [6, 6.07) is 64.3. The highest BCUT2D eigenvalue weighted by atomic mass is 16.3. The number of benzene rings is 9. The lowest BCUT2D eigenvalue weighted by atomic mass is 9.90. The van der Waals surface area contributed by atoms with Gasteiger partial charge >= 0.3 is 0 Å². The van der Waals surface area contributed by atoms with E-state index in [0.717, 1.165) is 99.5 Å². The van der Waals surface area contributed by atoms with E-state index in [1.165, 1.54) is 21.5 Å². The molecular weight excluding hydrogens is 759 g/mol. The van der Waals surface area contributed by atoms with Crippen molar-refractivity contribution < 1.29 is 8.83 Å². The second-order valence-corrected chi connectivity index (χ2v) is 16.5. The highest BCUT2D eigenvalue weighted by molar-refractivity contribution is 6.25. The topological polar surface area (TPSA) is 55.9 Å². The van der Waals surface area contributed by atoms with Crippen LogP contribution in [0, 0.1) is 5.92 Å². The number of allylic oxidation sites excluding steroid dienone is 1. The van der Waals surface area contributed by atoms with E-state index < -0.39 is 0 Å². The van der Waals surface area contributed by atoms with Crippen LogP contribution in [0.15, 0.2) is 207 Å². The van der Waals surface area contributed by atoms with Gasteiger partial charge in [-0.3, -0.25) is 0 Å². The van der Waals surface area contributed by atoms with E-state index in [2.05, 4.69) is 181 Å². The van der Waals surface area contributed by atoms with E-state index in [9.17, 15) is 0 Å². The maximum Gasteiger partial charge on any atom is 0.160 e. The molecule has 13 rings (SSSR count). The Kier molecular flexibility index (Phi) is 7.58. The third-order valence-corrected chi connectivity index (χ3v) is 12.9. The van der Waals surface area contributed by atoms with E-state index in [1.807, 2.05) is 18.2 Å². The van der Waals surface area contributed by atoms with E-state index in [4.69, 9.17) is 18.8 Å². The van der Waals surface area contributed by atoms with Crippen LogP contribution in [-0.2, 0) is 0 Å². The normalized spacial score (nSPS) is 15.8. The highest BCUT2D eigenvalue weighted by Gasteiger charge is 2.27. The van der Waals surface area contributed by atoms with Crippen LogP contribution < -0.4 is 0 Å². The number of para-hydroxylation sites is 3. The van der Waals surface area contributed by atoms with Crippen molar-refractivity contribution in [2.45, 2.75) is 13.3 Å². The highest BCUT2D eigenvalue weighted by Crippen LogP contribution is 2.44. The van der Waals surface area contributed by atoms with Gasteiger partial charge in [0.2, 0.25) is 0 Å². The van der Waals surface area contributed by atoms with Gasteiger partial charge in [0.1, 0.15) is 22.3 Å². The molecule has 0 aliphatic carbocycles. The average molecular weight is 796 g/mol. The molecule has 0 bridgehead atoms. The van der Waals surface area contributed by atoms with Crippen molar-refractivity contribution in [2.24, 2.45) is 15.9 Å². The van der Waals surface area contributed by atoms with Crippen molar-refractivity contribution in [3.8, 4) is 5.69 Å². The van der Waals surface area contributed by atoms with Crippen LogP contribution in [-0.4, -0.2) is 16.1 Å². The van der Waals surface area contributed by atoms with Gasteiger partial charge in [0.15, 0.2) is 5.84 Å². The van der Waals surface area contributed by atoms with Crippen LogP contribution in [0.3, 0.4) is 0 Å². The molecule has 12 aromatic rings. The maximum absolute atomic E-state index is 6.66. The first-order valence-corrected chi connectivity index (χ1v) is 21.3. The summed E-state index contributed by atoms with van der Waals surface area (Å²) in [5.74, 6) is 0.677. The monoisotopic (exact) mass is 795 g/mol. The Bertz CT molecular complexity index is 3920. The number of hydrogen-bond donors (Lipinski definition) is 0. The minimum atomic E-state index is 0.0214. The first kappa shape index (κ1) is 34.8. The van der Waals surface area contributed by atoms with Crippen LogP contribution in [0.25, 0.3) is 98.6 Å². The number of aliphatic imine (C=N–C) groups is 2. The van der Waals surface area contributed by atoms with Gasteiger partial charge in [0, 0.05) is 54.9 Å². The van der Waals surface area contributed by atoms with Gasteiger partial charge in [0.25, 0.3) is 0 Å². The molecule has 0 saturated heterocycles. The molecule has 5 nitrogen and oxygen atoms in total. The fourth-order valence-electron chi connectivity index (χ4n) is 9.99. The van der Waals surface area contributed by atoms with Crippen molar-refractivity contribution in [3.05, 3.63) is 205 Å². The van der Waals surface area contributed by atoms with Gasteiger partial charge < -0.3 is 13.4 Å². The predicted molar refractivity (Wildman–Crippen MR) is 258 cm³/mol. The van der Waals surface area contributed by atoms with Gasteiger partial charge in [-0.25, -0.2) is 9.98 Å². The Balaban J connectivity index is 1.15. The summed E-state index contributed by atoms with van der Waals surface area (Å²) in [5.41, 5.74) is 11.5. The lowest BCUT2D eigenvalue weighted by molar-refractivity contribution is 0.668. The molecule has 0 spiro atoms. The van der Waals surface area contributed by atoms with Crippen LogP contribution in [0.4, 0.5) is 0 Å². The minimum Gasteiger partial charge on any atom is -0.456 e. The fraction of sp³-hybridized carbons (Fsp3) is 0.0526. The molecule has 1 atom stereocenters. The average Bonchev–Trinajstić information content (AvgIpc) is 3.99. The number of furan rings is 2. The number of fused-ring (bicyclic) bond motifs is 11. The van der Waals surface area contributed by atoms with E-state index in [0.29, 0.717) is 12.3 Å². The molecule has 62 heavy (non-hydrogen) atoms. The molecule has 0 amide bonds. The van der Waals surface area contributed by atoms with Gasteiger partial charge in [-0.1, -0.05) is 146 Å². The quantitative estimate of drug-likeness (QED) is 0.178. The first-order valence-electron chi connectivity index (χ1n) is 21.3. The Hall–Kier alpha value is -8.02. The summed E-state index contributed by atoms with van der Waals surface area (Å²) in [7, 11) is 0. The summed E-state index contributed by atoms with van der Waals surface area (Å²) in [5, 5.41) is 11.3. The van der Waals surface area contributed by atoms with Gasteiger partial charge in [-0.05, 0) is 76.5 Å². The smallest absolute Gasteiger partial charge is 0.160 e. The SMILES string of the molecule is CC1C/C=C(\c2c(-n3c4ccccc4c4cc5ccccc5cc43)ccc3oc4ccccc4c23)N=C(c2cccc3ccccc23)N=C1c1cccc2oc3ccccc3c12. The van der Waals surface area contributed by atoms with E-state index >= 15 is 0 Å². The zero-order chi connectivity index (χ0) is 40.9. The predicted octanol–water partition coefficient (Wildman–Crippen LogP) is 15.2. The second-order valence-electron chi connectivity index (χ2n) is 16.5. The number of aromatic nitrogens is 1. The standard InChI is InChI=1S/C57H37N3O2/c1-34-28-29-45(58-57(40-22-12-17-35-14-4-5-18-38(35)40)59-56(34)43-23-13-27-51-53(43)41-20-7-10-25-49(41)61-51)55-47(30-31-52-54(55)42-21-8-11-26-50(42)62-52)60-46-24-9-6-19-39(46)44-32-36-15-2-3-16-37(36)33-48(44)60/h2-27,29-34H,28H2,1H3/b45-29+,58-57?,59-56?. The van der Waals surface area contributed by atoms with Crippen molar-refractivity contribution in [2.75, 3.05) is 0 Å². The molecule has 1 aliphatic heterocycles. The maximum atomic E-state index is 6.66. The fourth-order valence-corrected chi connectivity index (χ4v) is 9.99. The van der Waals surface area contributed by atoms with Crippen LogP contribution in [0.2, 0.25) is 0 Å². The number of rotatable bonds is 4. The Morgan fingerprint density at radius 3 is 1.87 bits per heavy atom. The van der Waals surface area contributed by atoms with Crippen molar-refractivity contribution in [1.29, 1.82) is 0 Å². The number of amidine groups is 1. The molecule has 0 radical (unpaired) electrons. The lowest BCUT2D eigenvalue weighted by Crippen LogP contribution is -2.17. The number of nitrogens with zero attached hydrogens (tertiary/aromatic N) is 3. The van der Waals surface area contributed by atoms with Crippen LogP contribution >= 0.6 is 0 Å². The summed E-state index contributed by atoms with van der Waals surface area (Å²) in [6.07, 6.45) is 3.04. The molecule has 3 aromatic heterocycles. The zero-order valence-corrected chi connectivity index (χ0v) is 33.8. The molecule has 0 fully saturated rings. The van der Waals surface area contributed by atoms with Crippen LogP contribution in [0.1, 0.15) is 30.0 Å². The van der Waals surface area contributed by atoms with Crippen LogP contribution in [0.5, 0.6) is 0 Å². The molecule has 1 aliphatic rings. The Labute approximate surface area is 356 Å². The molecule has 4 heterocycles. The van der Waals surface area contributed by atoms with Gasteiger partial charge in [0.05, 0.1) is 28.1 Å². The molecule has 292 valence electrons. The Morgan fingerprint density at radius 1 is 0.468 bits per heavy atom. The Morgan fingerprint density at radius 2 is 1.06 bits per heavy atom. The summed E-state index contributed by atoms with van der Waals surface area (Å²) in [4.78, 5) is 11.5. The molecule has 1 unspecified atom stereocenters. The van der Waals surface area contributed by atoms with Crippen molar-refractivity contribution in [3.63, 3.8) is 0 Å². The first-order chi connectivity index (χ1) is 30.7. The van der Waals surface area contributed by atoms with Crippen molar-refractivity contribution >= 4 is 104 Å². The third-order valence-electron chi connectivity index (χ3n) is 12.9. The zero-order valence-electron chi connectivity index (χ0n) is 33.8. The molecule has 5 heteroatoms. The number of hydrogen-bond acceptors (Lipinski definition) is 4. The summed E-state index contributed by atoms with van der Waals surface area (Å²) in [6.45, 7) is 2.28. The molecule has 0 saturated carbocycles. The van der Waals surface area contributed by atoms with E-state index in [1.54, 1.807) is 0 Å². The minimum absolute atomic E-state index is 0.0214. The molecule has 0 N–H and O–H groups in total. The van der Waals surface area contributed by atoms with Crippen molar-refractivity contribution in [1.82, 2.24) is 4.57 Å². The second kappa shape index (κ2) is 13.5. The van der Waals surface area contributed by atoms with Gasteiger partial charge in [-0.15, -0.1) is 0 Å². The van der Waals surface area contributed by atoms with Gasteiger partial charge in [-0.2, -0.15) is 0 Å². The molecule has 9 aromatic carbocycles. The lowest BCUT2D eigenvalue weighted by Gasteiger charge is -2.21. The third kappa shape index (κ3) is 5.21. The largest absolute Gasteiger partial charge is 0.456 e. The summed E-state index contributed by atoms with van der Waals surface area (Å²) >= 11 is 0. The summed E-state index contributed by atoms with van der Waals surface area (Å²) < 4.78 is 15.5. The van der Waals surface area contributed by atoms with E-state index in [-0.39, 0.29) is 5.92 Å².